The van der Waals surface area contributed by atoms with Crippen molar-refractivity contribution in [3.05, 3.63) is 53.9 Å². The van der Waals surface area contributed by atoms with Crippen LogP contribution in [0.1, 0.15) is 29.8 Å². The molecule has 10 nitrogen and oxygen atoms in total. The number of amidine groups is 1. The Hall–Kier alpha value is -4.21. The van der Waals surface area contributed by atoms with E-state index in [1.165, 1.54) is 12.6 Å². The van der Waals surface area contributed by atoms with Crippen LogP contribution >= 0.6 is 0 Å². The Labute approximate surface area is 184 Å². The van der Waals surface area contributed by atoms with Gasteiger partial charge in [0, 0.05) is 30.2 Å². The predicted octanol–water partition coefficient (Wildman–Crippen LogP) is 3.15. The van der Waals surface area contributed by atoms with Crippen LogP contribution in [0.2, 0.25) is 0 Å². The molecule has 0 bridgehead atoms. The maximum Gasteiger partial charge on any atom is 0.257 e. The Bertz CT molecular complexity index is 1170. The second-order valence-electron chi connectivity index (χ2n) is 7.72. The molecule has 0 saturated carbocycles. The highest BCUT2D eigenvalue weighted by Gasteiger charge is 2.34. The van der Waals surface area contributed by atoms with Gasteiger partial charge in [-0.3, -0.25) is 10.2 Å². The van der Waals surface area contributed by atoms with Gasteiger partial charge < -0.3 is 24.7 Å². The molecule has 3 aromatic rings. The first-order valence-electron chi connectivity index (χ1n) is 9.85. The summed E-state index contributed by atoms with van der Waals surface area (Å²) in [6, 6.07) is 10.5. The molecule has 1 aromatic heterocycles. The van der Waals surface area contributed by atoms with Gasteiger partial charge >= 0.3 is 0 Å². The number of hydrogen-bond donors (Lipinski definition) is 3. The first kappa shape index (κ1) is 21.0. The number of aromatic nitrogens is 2. The monoisotopic (exact) mass is 434 g/mol. The molecule has 0 atom stereocenters. The van der Waals surface area contributed by atoms with Gasteiger partial charge in [0.25, 0.3) is 5.91 Å². The van der Waals surface area contributed by atoms with Gasteiger partial charge in [0.2, 0.25) is 12.2 Å². The van der Waals surface area contributed by atoms with Crippen molar-refractivity contribution < 1.29 is 18.8 Å². The van der Waals surface area contributed by atoms with Gasteiger partial charge in [0.05, 0.1) is 6.21 Å². The van der Waals surface area contributed by atoms with E-state index in [0.29, 0.717) is 35.1 Å². The van der Waals surface area contributed by atoms with Crippen LogP contribution in [-0.4, -0.2) is 40.7 Å². The van der Waals surface area contributed by atoms with Crippen LogP contribution in [0.4, 0.5) is 0 Å². The average molecular weight is 434 g/mol. The molecule has 10 heteroatoms. The highest BCUT2D eigenvalue weighted by atomic mass is 16.5. The molecule has 0 spiro atoms. The van der Waals surface area contributed by atoms with Crippen LogP contribution in [-0.2, 0) is 6.42 Å². The van der Waals surface area contributed by atoms with Crippen molar-refractivity contribution in [2.75, 3.05) is 7.05 Å². The molecule has 0 radical (unpaired) electrons. The summed E-state index contributed by atoms with van der Waals surface area (Å²) in [7, 11) is 1.60. The van der Waals surface area contributed by atoms with E-state index in [0.717, 1.165) is 11.1 Å². The Balaban J connectivity index is 1.61. The normalized spacial score (nSPS) is 14.0. The van der Waals surface area contributed by atoms with Crippen molar-refractivity contribution in [3.8, 4) is 28.6 Å². The molecule has 1 aliphatic rings. The molecule has 0 aliphatic carbocycles. The number of benzene rings is 2. The lowest BCUT2D eigenvalue weighted by molar-refractivity contribution is 0.0975. The maximum atomic E-state index is 12.7. The van der Waals surface area contributed by atoms with Gasteiger partial charge in [0.15, 0.2) is 0 Å². The number of amides is 1. The molecule has 1 amide bonds. The third-order valence-electron chi connectivity index (χ3n) is 4.69. The SMILES string of the molecule is CN/N=C\C(=N)NC(=O)c1cc(Oc2ccc(-c3ncon3)cc2)c2c(c1)OC(C)(C)C2. The number of rotatable bonds is 6. The van der Waals surface area contributed by atoms with Crippen molar-refractivity contribution in [2.24, 2.45) is 5.10 Å². The van der Waals surface area contributed by atoms with Crippen LogP contribution in [0.25, 0.3) is 11.4 Å². The first-order valence-corrected chi connectivity index (χ1v) is 9.85. The second-order valence-corrected chi connectivity index (χ2v) is 7.72. The summed E-state index contributed by atoms with van der Waals surface area (Å²) in [4.78, 5) is 16.7. The second kappa shape index (κ2) is 8.50. The number of nitrogens with one attached hydrogen (secondary N) is 3. The zero-order valence-electron chi connectivity index (χ0n) is 17.8. The number of hydrogen-bond acceptors (Lipinski definition) is 9. The molecule has 1 aliphatic heterocycles. The number of carbonyl (C=O) groups excluding carboxylic acids is 1. The lowest BCUT2D eigenvalue weighted by Gasteiger charge is -2.16. The molecule has 0 unspecified atom stereocenters. The van der Waals surface area contributed by atoms with Crippen molar-refractivity contribution in [1.29, 1.82) is 5.41 Å². The summed E-state index contributed by atoms with van der Waals surface area (Å²) in [6.07, 6.45) is 3.10. The standard InChI is InChI=1S/C22H22N6O4/c1-22(2)10-16-17(31-15-6-4-13(5-7-15)20-25-12-30-28-20)8-14(9-18(16)32-22)21(29)27-19(23)11-26-24-3/h4-9,11-12,24H,10H2,1-3H3,(H2,23,27,29)/b26-11-. The summed E-state index contributed by atoms with van der Waals surface area (Å²) in [5.41, 5.74) is 4.07. The lowest BCUT2D eigenvalue weighted by Crippen LogP contribution is -2.31. The topological polar surface area (TPSA) is 135 Å². The zero-order valence-corrected chi connectivity index (χ0v) is 17.8. The van der Waals surface area contributed by atoms with Crippen LogP contribution in [0.3, 0.4) is 0 Å². The smallest absolute Gasteiger partial charge is 0.257 e. The minimum absolute atomic E-state index is 0.148. The minimum Gasteiger partial charge on any atom is -0.487 e. The Kier molecular flexibility index (Phi) is 5.59. The molecule has 0 saturated heterocycles. The van der Waals surface area contributed by atoms with E-state index in [2.05, 4.69) is 26.0 Å². The van der Waals surface area contributed by atoms with Gasteiger partial charge in [0.1, 0.15) is 28.7 Å². The zero-order chi connectivity index (χ0) is 22.7. The highest BCUT2D eigenvalue weighted by Crippen LogP contribution is 2.43. The van der Waals surface area contributed by atoms with Gasteiger partial charge in [-0.25, -0.2) is 0 Å². The molecular formula is C22H22N6O4. The summed E-state index contributed by atoms with van der Waals surface area (Å²) >= 11 is 0. The van der Waals surface area contributed by atoms with Gasteiger partial charge in [-0.2, -0.15) is 10.1 Å². The van der Waals surface area contributed by atoms with E-state index in [-0.39, 0.29) is 5.84 Å². The van der Waals surface area contributed by atoms with E-state index in [9.17, 15) is 4.79 Å². The Morgan fingerprint density at radius 1 is 1.28 bits per heavy atom. The van der Waals surface area contributed by atoms with E-state index in [1.807, 2.05) is 26.0 Å². The number of nitrogens with zero attached hydrogens (tertiary/aromatic N) is 3. The summed E-state index contributed by atoms with van der Waals surface area (Å²) < 4.78 is 16.9. The van der Waals surface area contributed by atoms with Gasteiger partial charge in [-0.05, 0) is 50.2 Å². The third kappa shape index (κ3) is 4.59. The van der Waals surface area contributed by atoms with Crippen LogP contribution in [0.15, 0.2) is 52.4 Å². The maximum absolute atomic E-state index is 12.7. The van der Waals surface area contributed by atoms with Crippen LogP contribution in [0, 0.1) is 5.41 Å². The highest BCUT2D eigenvalue weighted by molar-refractivity contribution is 6.32. The quantitative estimate of drug-likeness (QED) is 0.308. The van der Waals surface area contributed by atoms with E-state index < -0.39 is 11.5 Å². The average Bonchev–Trinajstić information content (AvgIpc) is 3.39. The third-order valence-corrected chi connectivity index (χ3v) is 4.69. The van der Waals surface area contributed by atoms with Crippen LogP contribution in [0.5, 0.6) is 17.2 Å². The molecule has 2 aromatic carbocycles. The minimum atomic E-state index is -0.467. The fourth-order valence-corrected chi connectivity index (χ4v) is 3.32. The van der Waals surface area contributed by atoms with Crippen molar-refractivity contribution >= 4 is 18.0 Å². The van der Waals surface area contributed by atoms with Crippen molar-refractivity contribution in [2.45, 2.75) is 25.9 Å². The lowest BCUT2D eigenvalue weighted by atomic mass is 9.99. The summed E-state index contributed by atoms with van der Waals surface area (Å²) in [6.45, 7) is 3.94. The molecular weight excluding hydrogens is 412 g/mol. The number of carbonyl (C=O) groups is 1. The summed E-state index contributed by atoms with van der Waals surface area (Å²) in [5.74, 6) is 1.54. The summed E-state index contributed by atoms with van der Waals surface area (Å²) in [5, 5.41) is 17.8. The molecule has 4 rings (SSSR count). The van der Waals surface area contributed by atoms with Crippen molar-refractivity contribution in [3.63, 3.8) is 0 Å². The van der Waals surface area contributed by atoms with E-state index in [1.54, 1.807) is 31.3 Å². The number of fused-ring (bicyclic) bond motifs is 1. The largest absolute Gasteiger partial charge is 0.487 e. The molecule has 0 fully saturated rings. The van der Waals surface area contributed by atoms with E-state index >= 15 is 0 Å². The Morgan fingerprint density at radius 3 is 2.75 bits per heavy atom. The van der Waals surface area contributed by atoms with Gasteiger partial charge in [-0.15, -0.1) is 0 Å². The Morgan fingerprint density at radius 2 is 2.06 bits per heavy atom. The van der Waals surface area contributed by atoms with Crippen LogP contribution < -0.4 is 20.2 Å². The fourth-order valence-electron chi connectivity index (χ4n) is 3.32. The van der Waals surface area contributed by atoms with Crippen molar-refractivity contribution in [1.82, 2.24) is 20.9 Å². The molecule has 164 valence electrons. The van der Waals surface area contributed by atoms with Gasteiger partial charge in [-0.1, -0.05) is 5.16 Å². The predicted molar refractivity (Wildman–Crippen MR) is 117 cm³/mol. The molecule has 3 N–H and O–H groups in total. The molecule has 32 heavy (non-hydrogen) atoms. The number of hydrazone groups is 1. The fraction of sp³-hybridized carbons (Fsp3) is 0.227. The first-order chi connectivity index (χ1) is 15.3. The van der Waals surface area contributed by atoms with E-state index in [4.69, 9.17) is 19.4 Å². The molecule has 2 heterocycles. The number of ether oxygens (including phenoxy) is 2.